The average Bonchev–Trinajstić information content (AvgIpc) is 2.63. The van der Waals surface area contributed by atoms with Crippen LogP contribution in [-0.4, -0.2) is 41.8 Å². The summed E-state index contributed by atoms with van der Waals surface area (Å²) in [7, 11) is 0. The van der Waals surface area contributed by atoms with Gasteiger partial charge in [-0.3, -0.25) is 10.6 Å². The van der Waals surface area contributed by atoms with Crippen molar-refractivity contribution in [2.75, 3.05) is 36.5 Å². The van der Waals surface area contributed by atoms with Gasteiger partial charge in [0.05, 0.1) is 32.0 Å². The first-order valence-electron chi connectivity index (χ1n) is 8.33. The summed E-state index contributed by atoms with van der Waals surface area (Å²) < 4.78 is 17.0. The van der Waals surface area contributed by atoms with E-state index < -0.39 is 22.8 Å². The van der Waals surface area contributed by atoms with Crippen molar-refractivity contribution in [2.45, 2.75) is 17.3 Å². The molecule has 1 unspecified atom stereocenters. The fourth-order valence-electron chi connectivity index (χ4n) is 3.67. The number of hydrogen-bond donors (Lipinski definition) is 4. The molecule has 5 N–H and O–H groups in total. The van der Waals surface area contributed by atoms with E-state index in [9.17, 15) is 14.7 Å². The molecule has 3 heterocycles. The van der Waals surface area contributed by atoms with Crippen molar-refractivity contribution >= 4 is 51.6 Å². The molecule has 0 saturated carbocycles. The molecule has 0 amide bonds. The third kappa shape index (κ3) is 2.51. The van der Waals surface area contributed by atoms with E-state index in [0.29, 0.717) is 36.7 Å². The molecule has 4 rings (SSSR count). The zero-order valence-electron chi connectivity index (χ0n) is 14.3. The topological polar surface area (TPSA) is 113 Å². The molecule has 2 aromatic rings. The molecule has 27 heavy (non-hydrogen) atoms. The van der Waals surface area contributed by atoms with Crippen LogP contribution in [0.1, 0.15) is 22.7 Å². The molecule has 0 aliphatic carbocycles. The van der Waals surface area contributed by atoms with E-state index in [-0.39, 0.29) is 27.2 Å². The van der Waals surface area contributed by atoms with E-state index >= 15 is 4.39 Å². The van der Waals surface area contributed by atoms with Crippen LogP contribution in [0.4, 0.5) is 15.8 Å². The maximum Gasteiger partial charge on any atom is 0.342 e. The van der Waals surface area contributed by atoms with E-state index in [0.717, 1.165) is 0 Å². The lowest BCUT2D eigenvalue weighted by atomic mass is 10.1. The Morgan fingerprint density at radius 3 is 2.67 bits per heavy atom. The number of carbonyl (C=O) groups is 1. The summed E-state index contributed by atoms with van der Waals surface area (Å²) in [6, 6.07) is 0. The van der Waals surface area contributed by atoms with Crippen molar-refractivity contribution in [1.82, 2.24) is 9.88 Å². The van der Waals surface area contributed by atoms with Gasteiger partial charge >= 0.3 is 5.97 Å². The Morgan fingerprint density at radius 2 is 2.11 bits per heavy atom. The van der Waals surface area contributed by atoms with Crippen LogP contribution in [0.5, 0.6) is 0 Å². The number of fused-ring (bicyclic) bond motifs is 3. The van der Waals surface area contributed by atoms with Crippen LogP contribution in [0.15, 0.2) is 9.82 Å². The summed E-state index contributed by atoms with van der Waals surface area (Å²) in [6.07, 6.45) is 0. The van der Waals surface area contributed by atoms with Crippen LogP contribution < -0.4 is 26.9 Å². The van der Waals surface area contributed by atoms with E-state index in [1.54, 1.807) is 9.47 Å². The van der Waals surface area contributed by atoms with Crippen molar-refractivity contribution in [3.63, 3.8) is 0 Å². The zero-order valence-corrected chi connectivity index (χ0v) is 15.9. The molecule has 1 aromatic carbocycles. The van der Waals surface area contributed by atoms with Crippen molar-refractivity contribution in [3.8, 4) is 0 Å². The Bertz CT molecular complexity index is 1040. The number of benzene rings is 1. The van der Waals surface area contributed by atoms with Crippen LogP contribution in [0.3, 0.4) is 0 Å². The number of hydrogen-bond acceptors (Lipinski definition) is 7. The first-order chi connectivity index (χ1) is 12.9. The van der Waals surface area contributed by atoms with Crippen molar-refractivity contribution in [2.24, 2.45) is 5.84 Å². The van der Waals surface area contributed by atoms with Gasteiger partial charge in [0, 0.05) is 26.2 Å². The predicted molar refractivity (Wildman–Crippen MR) is 104 cm³/mol. The number of pyridine rings is 1. The predicted octanol–water partition coefficient (Wildman–Crippen LogP) is 1.81. The number of nitrogen functional groups attached to an aromatic ring is 1. The van der Waals surface area contributed by atoms with Gasteiger partial charge in [0.1, 0.15) is 11.3 Å². The number of piperazine rings is 1. The van der Waals surface area contributed by atoms with Gasteiger partial charge in [-0.05, 0) is 6.92 Å². The second kappa shape index (κ2) is 6.55. The fourth-order valence-corrected chi connectivity index (χ4v) is 5.20. The van der Waals surface area contributed by atoms with Gasteiger partial charge in [-0.1, -0.05) is 23.4 Å². The molecule has 1 fully saturated rings. The third-order valence-corrected chi connectivity index (χ3v) is 6.43. The number of nitrogens with two attached hydrogens (primary N) is 1. The summed E-state index contributed by atoms with van der Waals surface area (Å²) in [5.41, 5.74) is 1.28. The smallest absolute Gasteiger partial charge is 0.342 e. The van der Waals surface area contributed by atoms with Crippen LogP contribution in [-0.2, 0) is 0 Å². The van der Waals surface area contributed by atoms with Crippen LogP contribution in [0.25, 0.3) is 10.9 Å². The molecule has 2 aliphatic rings. The quantitative estimate of drug-likeness (QED) is 0.445. The molecule has 2 aliphatic heterocycles. The summed E-state index contributed by atoms with van der Waals surface area (Å²) in [4.78, 5) is 26.3. The van der Waals surface area contributed by atoms with Gasteiger partial charge < -0.3 is 25.3 Å². The van der Waals surface area contributed by atoms with Crippen molar-refractivity contribution in [3.05, 3.63) is 26.6 Å². The number of anilines is 2. The Morgan fingerprint density at radius 1 is 1.44 bits per heavy atom. The number of thioether (sulfide) groups is 1. The first-order valence-corrected chi connectivity index (χ1v) is 9.59. The average molecular weight is 414 g/mol. The Hall–Kier alpha value is -2.01. The third-order valence-electron chi connectivity index (χ3n) is 4.89. The van der Waals surface area contributed by atoms with Crippen LogP contribution in [0.2, 0.25) is 5.02 Å². The molecular formula is C16H17ClFN5O3S. The first kappa shape index (κ1) is 18.4. The van der Waals surface area contributed by atoms with Crippen LogP contribution >= 0.6 is 23.4 Å². The molecule has 0 radical (unpaired) electrons. The summed E-state index contributed by atoms with van der Waals surface area (Å²) in [5.74, 6) is 3.41. The minimum atomic E-state index is -1.37. The number of nitrogens with one attached hydrogen (secondary N) is 2. The highest BCUT2D eigenvalue weighted by atomic mass is 35.5. The van der Waals surface area contributed by atoms with Gasteiger partial charge in [0.15, 0.2) is 5.82 Å². The number of hydrazine groups is 1. The van der Waals surface area contributed by atoms with Gasteiger partial charge in [-0.25, -0.2) is 9.18 Å². The number of halogens is 2. The number of carboxylic acids is 1. The van der Waals surface area contributed by atoms with Gasteiger partial charge in [-0.15, -0.1) is 0 Å². The lowest BCUT2D eigenvalue weighted by Crippen LogP contribution is -2.44. The van der Waals surface area contributed by atoms with E-state index in [1.165, 1.54) is 11.8 Å². The van der Waals surface area contributed by atoms with Gasteiger partial charge in [0.2, 0.25) is 5.43 Å². The normalized spacial score (nSPS) is 19.0. The molecule has 0 bridgehead atoms. The van der Waals surface area contributed by atoms with E-state index in [4.69, 9.17) is 17.4 Å². The molecule has 0 spiro atoms. The number of aromatic nitrogens is 1. The summed E-state index contributed by atoms with van der Waals surface area (Å²) in [5, 5.41) is 12.8. The van der Waals surface area contributed by atoms with Crippen LogP contribution in [0, 0.1) is 5.82 Å². The maximum absolute atomic E-state index is 15.3. The molecule has 1 aromatic heterocycles. The van der Waals surface area contributed by atoms with Gasteiger partial charge in [-0.2, -0.15) is 0 Å². The highest BCUT2D eigenvalue weighted by Crippen LogP contribution is 2.50. The minimum absolute atomic E-state index is 0.0887. The number of nitrogens with zero attached hydrogens (tertiary/aromatic N) is 2. The maximum atomic E-state index is 15.3. The number of rotatable bonds is 3. The van der Waals surface area contributed by atoms with E-state index in [2.05, 4.69) is 10.7 Å². The minimum Gasteiger partial charge on any atom is -0.477 e. The Labute approximate surface area is 162 Å². The lowest BCUT2D eigenvalue weighted by Gasteiger charge is -2.36. The molecule has 1 saturated heterocycles. The molecule has 144 valence electrons. The molecule has 1 atom stereocenters. The number of aromatic carboxylic acids is 1. The van der Waals surface area contributed by atoms with E-state index in [1.807, 2.05) is 6.92 Å². The fraction of sp³-hybridized carbons (Fsp3) is 0.375. The standard InChI is InChI=1S/C16H17ClFN5O3S/c1-6-23-12-7(14(24)8(16(25)26)15(23)27-6)11(21-19)10(18)13(9(12)17)22-4-2-20-3-5-22/h6,20-21H,2-5,19H2,1H3,(H,25,26). The van der Waals surface area contributed by atoms with Gasteiger partial charge in [0.25, 0.3) is 0 Å². The molecule has 11 heteroatoms. The molecular weight excluding hydrogens is 397 g/mol. The summed E-state index contributed by atoms with van der Waals surface area (Å²) in [6.45, 7) is 4.28. The lowest BCUT2D eigenvalue weighted by molar-refractivity contribution is 0.0689. The highest BCUT2D eigenvalue weighted by molar-refractivity contribution is 8.00. The summed E-state index contributed by atoms with van der Waals surface area (Å²) >= 11 is 7.86. The zero-order chi connectivity index (χ0) is 19.5. The van der Waals surface area contributed by atoms with Crippen molar-refractivity contribution in [1.29, 1.82) is 0 Å². The Balaban J connectivity index is 2.15. The second-order valence-corrected chi connectivity index (χ2v) is 8.04. The highest BCUT2D eigenvalue weighted by Gasteiger charge is 2.37. The monoisotopic (exact) mass is 413 g/mol. The number of carboxylic acid groups (broad SMARTS) is 1. The van der Waals surface area contributed by atoms with Crippen molar-refractivity contribution < 1.29 is 14.3 Å². The Kier molecular flexibility index (Phi) is 4.46. The second-order valence-electron chi connectivity index (χ2n) is 6.36. The molecule has 8 nitrogen and oxygen atoms in total. The SMILES string of the molecule is CC1Sc2c(C(=O)O)c(=O)c3c(NN)c(F)c(N4CCNCC4)c(Cl)c3n21. The largest absolute Gasteiger partial charge is 0.477 e.